The van der Waals surface area contributed by atoms with Gasteiger partial charge in [0.05, 0.1) is 6.54 Å². The smallest absolute Gasteiger partial charge is 0.240 e. The molecule has 0 aromatic heterocycles. The molecule has 0 bridgehead atoms. The highest BCUT2D eigenvalue weighted by atomic mass is 16.2. The van der Waals surface area contributed by atoms with Gasteiger partial charge in [0.1, 0.15) is 6.04 Å². The Labute approximate surface area is 223 Å². The van der Waals surface area contributed by atoms with E-state index in [0.29, 0.717) is 0 Å². The van der Waals surface area contributed by atoms with Crippen LogP contribution in [-0.4, -0.2) is 30.3 Å². The van der Waals surface area contributed by atoms with Crippen LogP contribution in [0.15, 0.2) is 109 Å². The first kappa shape index (κ1) is 27.9. The number of carbonyl (C=O) groups excluding carboxylic acids is 3. The molecule has 38 heavy (non-hydrogen) atoms. The van der Waals surface area contributed by atoms with E-state index >= 15 is 0 Å². The first-order valence-corrected chi connectivity index (χ1v) is 12.4. The van der Waals surface area contributed by atoms with Crippen LogP contribution < -0.4 is 16.4 Å². The maximum Gasteiger partial charge on any atom is 0.240 e. The summed E-state index contributed by atoms with van der Waals surface area (Å²) >= 11 is 0. The number of aryl methyl sites for hydroxylation is 1. The number of amides is 3. The Balaban J connectivity index is 0.000000256. The largest absolute Gasteiger partial charge is 0.368 e. The summed E-state index contributed by atoms with van der Waals surface area (Å²) in [5.41, 5.74) is 12.3. The lowest BCUT2D eigenvalue weighted by molar-refractivity contribution is -0.128. The van der Waals surface area contributed by atoms with Crippen molar-refractivity contribution in [2.24, 2.45) is 5.73 Å². The van der Waals surface area contributed by atoms with Crippen LogP contribution in [0.5, 0.6) is 0 Å². The molecule has 0 aliphatic rings. The van der Waals surface area contributed by atoms with Crippen molar-refractivity contribution in [2.75, 3.05) is 6.54 Å². The molecule has 0 fully saturated rings. The Morgan fingerprint density at radius 3 is 1.58 bits per heavy atom. The number of nitrogens with one attached hydrogen (secondary N) is 2. The second-order valence-electron chi connectivity index (χ2n) is 8.93. The van der Waals surface area contributed by atoms with Gasteiger partial charge in [-0.3, -0.25) is 14.4 Å². The second kappa shape index (κ2) is 14.1. The first-order valence-electron chi connectivity index (χ1n) is 12.4. The topological polar surface area (TPSA) is 101 Å². The second-order valence-corrected chi connectivity index (χ2v) is 8.93. The maximum absolute atomic E-state index is 11.8. The lowest BCUT2D eigenvalue weighted by Gasteiger charge is -2.16. The van der Waals surface area contributed by atoms with Gasteiger partial charge < -0.3 is 16.4 Å². The minimum atomic E-state index is -0.830. The summed E-state index contributed by atoms with van der Waals surface area (Å²) in [5.74, 6) is -1.40. The molecule has 0 heterocycles. The van der Waals surface area contributed by atoms with E-state index in [-0.39, 0.29) is 18.9 Å². The van der Waals surface area contributed by atoms with Gasteiger partial charge in [0, 0.05) is 13.3 Å². The van der Waals surface area contributed by atoms with Crippen molar-refractivity contribution in [2.45, 2.75) is 26.3 Å². The van der Waals surface area contributed by atoms with Crippen LogP contribution in [0, 0.1) is 6.92 Å². The molecule has 6 nitrogen and oxygen atoms in total. The Morgan fingerprint density at radius 1 is 0.684 bits per heavy atom. The van der Waals surface area contributed by atoms with E-state index in [2.05, 4.69) is 66.1 Å². The highest BCUT2D eigenvalue weighted by Crippen LogP contribution is 2.20. The van der Waals surface area contributed by atoms with E-state index in [4.69, 9.17) is 5.73 Å². The fourth-order valence-electron chi connectivity index (χ4n) is 3.75. The summed E-state index contributed by atoms with van der Waals surface area (Å²) in [5, 5.41) is 4.91. The van der Waals surface area contributed by atoms with Crippen molar-refractivity contribution in [3.63, 3.8) is 0 Å². The molecule has 4 rings (SSSR count). The Hall–Kier alpha value is -4.71. The van der Waals surface area contributed by atoms with Crippen molar-refractivity contribution in [1.82, 2.24) is 10.6 Å². The van der Waals surface area contributed by atoms with Crippen LogP contribution in [0.4, 0.5) is 0 Å². The van der Waals surface area contributed by atoms with Gasteiger partial charge in [-0.05, 0) is 34.7 Å². The monoisotopic (exact) mass is 507 g/mol. The van der Waals surface area contributed by atoms with E-state index in [0.717, 1.165) is 16.7 Å². The average molecular weight is 508 g/mol. The van der Waals surface area contributed by atoms with Crippen molar-refractivity contribution in [3.05, 3.63) is 120 Å². The number of carbonyl (C=O) groups is 3. The van der Waals surface area contributed by atoms with Gasteiger partial charge >= 0.3 is 0 Å². The lowest BCUT2D eigenvalue weighted by atomic mass is 10.0. The average Bonchev–Trinajstić information content (AvgIpc) is 2.93. The summed E-state index contributed by atoms with van der Waals surface area (Å²) < 4.78 is 0. The zero-order chi connectivity index (χ0) is 27.3. The molecule has 0 aliphatic heterocycles. The Morgan fingerprint density at radius 2 is 1.13 bits per heavy atom. The highest BCUT2D eigenvalue weighted by Gasteiger charge is 2.18. The van der Waals surface area contributed by atoms with E-state index in [1.807, 2.05) is 60.7 Å². The molecule has 3 amide bonds. The molecule has 0 saturated heterocycles. The van der Waals surface area contributed by atoms with Crippen LogP contribution >= 0.6 is 0 Å². The molecule has 4 N–H and O–H groups in total. The molecule has 0 saturated carbocycles. The third kappa shape index (κ3) is 9.06. The molecule has 194 valence electrons. The molecule has 4 aromatic carbocycles. The van der Waals surface area contributed by atoms with Gasteiger partial charge in [-0.25, -0.2) is 0 Å². The maximum atomic E-state index is 11.8. The summed E-state index contributed by atoms with van der Waals surface area (Å²) in [6.45, 7) is 3.23. The third-order valence-electron chi connectivity index (χ3n) is 5.84. The number of nitrogens with two attached hydrogens (primary N) is 1. The van der Waals surface area contributed by atoms with E-state index < -0.39 is 17.9 Å². The molecule has 0 radical (unpaired) electrons. The van der Waals surface area contributed by atoms with Crippen LogP contribution in [0.25, 0.3) is 22.3 Å². The van der Waals surface area contributed by atoms with Gasteiger partial charge in [0.15, 0.2) is 0 Å². The predicted molar refractivity (Wildman–Crippen MR) is 152 cm³/mol. The van der Waals surface area contributed by atoms with Gasteiger partial charge in [-0.15, -0.1) is 0 Å². The zero-order valence-electron chi connectivity index (χ0n) is 21.7. The van der Waals surface area contributed by atoms with Crippen molar-refractivity contribution < 1.29 is 14.4 Å². The SMILES string of the molecule is CC(=O)NCC(=O)N[C@H](Cc1ccc(-c2ccccc2)cc1)C(N)=O.Cc1ccc(-c2ccccc2)cc1. The highest BCUT2D eigenvalue weighted by molar-refractivity contribution is 5.89. The van der Waals surface area contributed by atoms with Crippen molar-refractivity contribution >= 4 is 17.7 Å². The minimum Gasteiger partial charge on any atom is -0.368 e. The van der Waals surface area contributed by atoms with Crippen molar-refractivity contribution in [1.29, 1.82) is 0 Å². The lowest BCUT2D eigenvalue weighted by Crippen LogP contribution is -2.48. The van der Waals surface area contributed by atoms with Gasteiger partial charge in [-0.2, -0.15) is 0 Å². The van der Waals surface area contributed by atoms with Gasteiger partial charge in [0.2, 0.25) is 17.7 Å². The number of hydrogen-bond acceptors (Lipinski definition) is 3. The summed E-state index contributed by atoms with van der Waals surface area (Å²) in [4.78, 5) is 34.2. The molecule has 0 spiro atoms. The molecule has 1 atom stereocenters. The molecule has 4 aromatic rings. The zero-order valence-corrected chi connectivity index (χ0v) is 21.7. The van der Waals surface area contributed by atoms with Gasteiger partial charge in [-0.1, -0.05) is 115 Å². The summed E-state index contributed by atoms with van der Waals surface area (Å²) in [7, 11) is 0. The quantitative estimate of drug-likeness (QED) is 0.323. The summed E-state index contributed by atoms with van der Waals surface area (Å²) in [6, 6.07) is 35.8. The number of benzene rings is 4. The van der Waals surface area contributed by atoms with Crippen LogP contribution in [-0.2, 0) is 20.8 Å². The number of hydrogen-bond donors (Lipinski definition) is 3. The normalized spacial score (nSPS) is 10.9. The van der Waals surface area contributed by atoms with E-state index in [1.54, 1.807) is 0 Å². The Bertz CT molecular complexity index is 1320. The molecular formula is C32H33N3O3. The third-order valence-corrected chi connectivity index (χ3v) is 5.84. The number of rotatable bonds is 8. The standard InChI is InChI=1S/C19H21N3O3.C13H12/c1-13(23)21-12-18(24)22-17(19(20)25)11-14-7-9-16(10-8-14)15-5-3-2-4-6-15;1-11-7-9-13(10-8-11)12-5-3-2-4-6-12/h2-10,17H,11-12H2,1H3,(H2,20,25)(H,21,23)(H,22,24);2-10H,1H3/t17-;/m1./s1. The van der Waals surface area contributed by atoms with E-state index in [9.17, 15) is 14.4 Å². The number of primary amides is 1. The van der Waals surface area contributed by atoms with Crippen molar-refractivity contribution in [3.8, 4) is 22.3 Å². The first-order chi connectivity index (χ1) is 18.3. The molecular weight excluding hydrogens is 474 g/mol. The van der Waals surface area contributed by atoms with Crippen LogP contribution in [0.1, 0.15) is 18.1 Å². The van der Waals surface area contributed by atoms with Crippen LogP contribution in [0.2, 0.25) is 0 Å². The molecule has 0 unspecified atom stereocenters. The molecule has 0 aliphatic carbocycles. The Kier molecular flexibility index (Phi) is 10.4. The minimum absolute atomic E-state index is 0.188. The van der Waals surface area contributed by atoms with Crippen LogP contribution in [0.3, 0.4) is 0 Å². The van der Waals surface area contributed by atoms with Gasteiger partial charge in [0.25, 0.3) is 0 Å². The fourth-order valence-corrected chi connectivity index (χ4v) is 3.75. The summed E-state index contributed by atoms with van der Waals surface area (Å²) in [6.07, 6.45) is 0.288. The van der Waals surface area contributed by atoms with E-state index in [1.165, 1.54) is 23.6 Å². The predicted octanol–water partition coefficient (Wildman–Crippen LogP) is 4.66. The fraction of sp³-hybridized carbons (Fsp3) is 0.156. The molecule has 6 heteroatoms.